The van der Waals surface area contributed by atoms with Crippen molar-refractivity contribution < 1.29 is 19.4 Å². The standard InChI is InChI=1S/C18H34O2.C17H34O2/c1-2-3-4-5-6-7-8-9-10-11-12-13-14-15-16-17-18(19)20;1-4-5-6-7-8-9-10-11-12-13-14-15-17(18)19-16(2)3/h9-10H,2-8,11-17H2,1H3,(H,19,20);16H,4-15H2,1-3H3. The predicted molar refractivity (Wildman–Crippen MR) is 169 cm³/mol. The summed E-state index contributed by atoms with van der Waals surface area (Å²) in [6.45, 7) is 8.32. The number of ether oxygens (including phenoxy) is 1. The van der Waals surface area contributed by atoms with Gasteiger partial charge in [-0.3, -0.25) is 9.59 Å². The van der Waals surface area contributed by atoms with Crippen LogP contribution in [-0.2, 0) is 14.3 Å². The highest BCUT2D eigenvalue weighted by Gasteiger charge is 2.04. The lowest BCUT2D eigenvalue weighted by Crippen LogP contribution is -2.10. The van der Waals surface area contributed by atoms with Gasteiger partial charge in [0.15, 0.2) is 0 Å². The number of aliphatic carboxylic acids is 1. The van der Waals surface area contributed by atoms with Gasteiger partial charge in [-0.1, -0.05) is 142 Å². The van der Waals surface area contributed by atoms with E-state index in [2.05, 4.69) is 26.0 Å². The summed E-state index contributed by atoms with van der Waals surface area (Å²) in [7, 11) is 0. The van der Waals surface area contributed by atoms with Gasteiger partial charge in [-0.25, -0.2) is 0 Å². The first-order valence-corrected chi connectivity index (χ1v) is 17.0. The molecule has 0 radical (unpaired) electrons. The lowest BCUT2D eigenvalue weighted by Gasteiger charge is -2.07. The monoisotopic (exact) mass is 553 g/mol. The molecule has 0 heterocycles. The molecule has 4 nitrogen and oxygen atoms in total. The van der Waals surface area contributed by atoms with Crippen LogP contribution in [0.15, 0.2) is 12.2 Å². The van der Waals surface area contributed by atoms with Crippen molar-refractivity contribution in [3.63, 3.8) is 0 Å². The molecule has 1 N–H and O–H groups in total. The molecule has 0 saturated heterocycles. The molecule has 39 heavy (non-hydrogen) atoms. The van der Waals surface area contributed by atoms with Gasteiger partial charge in [0.2, 0.25) is 0 Å². The highest BCUT2D eigenvalue weighted by Crippen LogP contribution is 2.13. The fourth-order valence-electron chi connectivity index (χ4n) is 4.60. The number of rotatable bonds is 28. The minimum Gasteiger partial charge on any atom is -0.481 e. The van der Waals surface area contributed by atoms with Crippen molar-refractivity contribution in [2.24, 2.45) is 0 Å². The van der Waals surface area contributed by atoms with Crippen LogP contribution in [0.2, 0.25) is 0 Å². The number of carbonyl (C=O) groups is 2. The molecule has 0 saturated carbocycles. The average molecular weight is 553 g/mol. The number of carboxylic acid groups (broad SMARTS) is 1. The molecule has 0 rings (SSSR count). The van der Waals surface area contributed by atoms with Crippen LogP contribution in [0.25, 0.3) is 0 Å². The average Bonchev–Trinajstić information content (AvgIpc) is 2.89. The molecule has 0 amide bonds. The van der Waals surface area contributed by atoms with E-state index in [1.807, 2.05) is 13.8 Å². The first-order chi connectivity index (χ1) is 18.9. The van der Waals surface area contributed by atoms with Gasteiger partial charge in [-0.15, -0.1) is 0 Å². The Labute approximate surface area is 244 Å². The molecule has 0 spiro atoms. The molecule has 0 atom stereocenters. The van der Waals surface area contributed by atoms with E-state index >= 15 is 0 Å². The van der Waals surface area contributed by atoms with E-state index in [1.54, 1.807) is 0 Å². The Morgan fingerprint density at radius 2 is 0.872 bits per heavy atom. The summed E-state index contributed by atoms with van der Waals surface area (Å²) in [5, 5.41) is 8.51. The third kappa shape index (κ3) is 41.3. The van der Waals surface area contributed by atoms with Crippen LogP contribution in [0, 0.1) is 0 Å². The summed E-state index contributed by atoms with van der Waals surface area (Å²) < 4.78 is 5.10. The molecule has 0 aliphatic rings. The smallest absolute Gasteiger partial charge is 0.306 e. The number of allylic oxidation sites excluding steroid dienone is 2. The number of carboxylic acids is 1. The molecule has 0 aromatic carbocycles. The van der Waals surface area contributed by atoms with Crippen molar-refractivity contribution >= 4 is 11.9 Å². The number of carbonyl (C=O) groups excluding carboxylic acids is 1. The van der Waals surface area contributed by atoms with Gasteiger partial charge in [0.25, 0.3) is 0 Å². The zero-order valence-electron chi connectivity index (χ0n) is 26.8. The third-order valence-electron chi connectivity index (χ3n) is 7.00. The van der Waals surface area contributed by atoms with Crippen molar-refractivity contribution in [2.45, 2.75) is 201 Å². The Morgan fingerprint density at radius 3 is 1.23 bits per heavy atom. The fourth-order valence-corrected chi connectivity index (χ4v) is 4.60. The van der Waals surface area contributed by atoms with Crippen molar-refractivity contribution in [3.05, 3.63) is 12.2 Å². The molecule has 0 aromatic heterocycles. The highest BCUT2D eigenvalue weighted by atomic mass is 16.5. The van der Waals surface area contributed by atoms with Gasteiger partial charge in [-0.05, 0) is 52.4 Å². The zero-order chi connectivity index (χ0) is 29.2. The number of hydrogen-bond donors (Lipinski definition) is 1. The quantitative estimate of drug-likeness (QED) is 0.0595. The Hall–Kier alpha value is -1.32. The molecule has 0 aliphatic heterocycles. The minimum atomic E-state index is -0.664. The molecule has 0 bridgehead atoms. The van der Waals surface area contributed by atoms with Crippen LogP contribution in [0.1, 0.15) is 195 Å². The molecular formula is C35H68O4. The molecule has 4 heteroatoms. The minimum absolute atomic E-state index is 0.0280. The third-order valence-corrected chi connectivity index (χ3v) is 7.00. The van der Waals surface area contributed by atoms with Gasteiger partial charge >= 0.3 is 11.9 Å². The molecule has 232 valence electrons. The highest BCUT2D eigenvalue weighted by molar-refractivity contribution is 5.69. The van der Waals surface area contributed by atoms with Gasteiger partial charge in [-0.2, -0.15) is 0 Å². The summed E-state index contributed by atoms with van der Waals surface area (Å²) in [5.74, 6) is -0.700. The maximum Gasteiger partial charge on any atom is 0.306 e. The summed E-state index contributed by atoms with van der Waals surface area (Å²) in [6, 6.07) is 0. The fraction of sp³-hybridized carbons (Fsp3) is 0.886. The van der Waals surface area contributed by atoms with E-state index < -0.39 is 5.97 Å². The largest absolute Gasteiger partial charge is 0.481 e. The van der Waals surface area contributed by atoms with E-state index in [0.29, 0.717) is 12.8 Å². The lowest BCUT2D eigenvalue weighted by atomic mass is 10.1. The number of hydrogen-bond acceptors (Lipinski definition) is 3. The van der Waals surface area contributed by atoms with E-state index in [-0.39, 0.29) is 12.1 Å². The van der Waals surface area contributed by atoms with Crippen molar-refractivity contribution in [3.8, 4) is 0 Å². The van der Waals surface area contributed by atoms with Crippen molar-refractivity contribution in [1.82, 2.24) is 0 Å². The van der Waals surface area contributed by atoms with Crippen LogP contribution in [0.5, 0.6) is 0 Å². The first kappa shape index (κ1) is 39.8. The van der Waals surface area contributed by atoms with Gasteiger partial charge in [0.1, 0.15) is 0 Å². The molecule has 0 unspecified atom stereocenters. The van der Waals surface area contributed by atoms with Crippen LogP contribution in [-0.4, -0.2) is 23.1 Å². The maximum absolute atomic E-state index is 11.3. The molecule has 0 fully saturated rings. The summed E-state index contributed by atoms with van der Waals surface area (Å²) >= 11 is 0. The lowest BCUT2D eigenvalue weighted by molar-refractivity contribution is -0.147. The topological polar surface area (TPSA) is 63.6 Å². The summed E-state index contributed by atoms with van der Waals surface area (Å²) in [5.41, 5.74) is 0. The maximum atomic E-state index is 11.3. The van der Waals surface area contributed by atoms with Gasteiger partial charge < -0.3 is 9.84 Å². The van der Waals surface area contributed by atoms with Crippen LogP contribution in [0.4, 0.5) is 0 Å². The normalized spacial score (nSPS) is 11.1. The summed E-state index contributed by atoms with van der Waals surface area (Å²) in [6.07, 6.45) is 36.3. The van der Waals surface area contributed by atoms with E-state index in [1.165, 1.54) is 135 Å². The Balaban J connectivity index is 0. The zero-order valence-corrected chi connectivity index (χ0v) is 26.8. The molecule has 0 aromatic rings. The Morgan fingerprint density at radius 1 is 0.538 bits per heavy atom. The molecular weight excluding hydrogens is 484 g/mol. The van der Waals surface area contributed by atoms with Gasteiger partial charge in [0, 0.05) is 12.8 Å². The van der Waals surface area contributed by atoms with Crippen molar-refractivity contribution in [1.29, 1.82) is 0 Å². The Kier molecular flexibility index (Phi) is 35.4. The van der Waals surface area contributed by atoms with Crippen LogP contribution in [0.3, 0.4) is 0 Å². The second-order valence-electron chi connectivity index (χ2n) is 11.6. The Bertz CT molecular complexity index is 527. The number of esters is 1. The SMILES string of the molecule is CCCCCCCCC=CCCCCCCCC(=O)O.CCCCCCCCCCCCCC(=O)OC(C)C. The number of unbranched alkanes of at least 4 members (excludes halogenated alkanes) is 21. The van der Waals surface area contributed by atoms with Gasteiger partial charge in [0.05, 0.1) is 6.10 Å². The van der Waals surface area contributed by atoms with E-state index in [0.717, 1.165) is 19.3 Å². The second-order valence-corrected chi connectivity index (χ2v) is 11.6. The predicted octanol–water partition coefficient (Wildman–Crippen LogP) is 11.7. The second kappa shape index (κ2) is 34.7. The van der Waals surface area contributed by atoms with Crippen LogP contribution < -0.4 is 0 Å². The van der Waals surface area contributed by atoms with E-state index in [9.17, 15) is 9.59 Å². The summed E-state index contributed by atoms with van der Waals surface area (Å²) in [4.78, 5) is 21.6. The van der Waals surface area contributed by atoms with E-state index in [4.69, 9.17) is 9.84 Å². The first-order valence-electron chi connectivity index (χ1n) is 17.0. The van der Waals surface area contributed by atoms with Crippen LogP contribution >= 0.6 is 0 Å². The van der Waals surface area contributed by atoms with Crippen molar-refractivity contribution in [2.75, 3.05) is 0 Å². The molecule has 0 aliphatic carbocycles.